The van der Waals surface area contributed by atoms with Gasteiger partial charge in [-0.05, 0) is 56.2 Å². The number of alkyl halides is 3. The molecule has 0 aliphatic heterocycles. The Bertz CT molecular complexity index is 932. The smallest absolute Gasteiger partial charge is 0.326 e. The van der Waals surface area contributed by atoms with E-state index in [1.807, 2.05) is 0 Å². The van der Waals surface area contributed by atoms with Gasteiger partial charge in [0.1, 0.15) is 0 Å². The Morgan fingerprint density at radius 1 is 1.14 bits per heavy atom. The molecule has 2 amide bonds. The molecule has 1 unspecified atom stereocenters. The molecule has 2 aromatic carbocycles. The van der Waals surface area contributed by atoms with E-state index in [-0.39, 0.29) is 22.5 Å². The average Bonchev–Trinajstić information content (AvgIpc) is 3.48. The second-order valence-electron chi connectivity index (χ2n) is 6.73. The van der Waals surface area contributed by atoms with Gasteiger partial charge in [-0.1, -0.05) is 17.7 Å². The first kappa shape index (κ1) is 21.5. The minimum Gasteiger partial charge on any atom is -0.326 e. The summed E-state index contributed by atoms with van der Waals surface area (Å²) >= 11 is 7.15. The van der Waals surface area contributed by atoms with Crippen molar-refractivity contribution in [3.63, 3.8) is 0 Å². The normalized spacial score (nSPS) is 14.9. The highest BCUT2D eigenvalue weighted by atomic mass is 35.5. The van der Waals surface area contributed by atoms with E-state index in [0.717, 1.165) is 35.9 Å². The number of halogens is 4. The van der Waals surface area contributed by atoms with Gasteiger partial charge in [0, 0.05) is 16.5 Å². The molecule has 4 nitrogen and oxygen atoms in total. The predicted molar refractivity (Wildman–Crippen MR) is 108 cm³/mol. The maximum Gasteiger partial charge on any atom is 0.416 e. The van der Waals surface area contributed by atoms with E-state index in [0.29, 0.717) is 5.69 Å². The van der Waals surface area contributed by atoms with Crippen LogP contribution in [0.15, 0.2) is 47.4 Å². The quantitative estimate of drug-likeness (QED) is 0.553. The van der Waals surface area contributed by atoms with Gasteiger partial charge in [0.25, 0.3) is 0 Å². The maximum absolute atomic E-state index is 12.9. The van der Waals surface area contributed by atoms with Gasteiger partial charge in [-0.25, -0.2) is 0 Å². The van der Waals surface area contributed by atoms with E-state index < -0.39 is 22.9 Å². The molecule has 0 aromatic heterocycles. The highest BCUT2D eigenvalue weighted by molar-refractivity contribution is 8.00. The lowest BCUT2D eigenvalue weighted by atomic mass is 10.2. The molecule has 0 saturated heterocycles. The number of thioether (sulfide) groups is 1. The molecule has 154 valence electrons. The third-order valence-electron chi connectivity index (χ3n) is 4.28. The van der Waals surface area contributed by atoms with Crippen molar-refractivity contribution in [3.8, 4) is 0 Å². The number of amides is 2. The molecule has 1 saturated carbocycles. The number of rotatable bonds is 6. The Balaban J connectivity index is 1.64. The molecule has 3 rings (SSSR count). The fourth-order valence-electron chi connectivity index (χ4n) is 2.53. The van der Waals surface area contributed by atoms with Gasteiger partial charge < -0.3 is 10.6 Å². The van der Waals surface area contributed by atoms with Crippen LogP contribution in [0, 0.1) is 5.92 Å². The minimum atomic E-state index is -4.53. The van der Waals surface area contributed by atoms with Crippen LogP contribution in [-0.2, 0) is 15.8 Å². The summed E-state index contributed by atoms with van der Waals surface area (Å²) in [6.07, 6.45) is -2.74. The average molecular weight is 443 g/mol. The number of carbonyl (C=O) groups excluding carboxylic acids is 2. The zero-order chi connectivity index (χ0) is 21.2. The van der Waals surface area contributed by atoms with Gasteiger partial charge in [0.15, 0.2) is 0 Å². The standard InChI is InChI=1S/C20H18ClF3N2O2S/c1-11(18(27)26-17-9-13(20(22,23)24)7-8-16(17)21)29-15-4-2-3-14(10-15)25-19(28)12-5-6-12/h2-4,7-12H,5-6H2,1H3,(H,25,28)(H,26,27). The molecule has 1 atom stereocenters. The first-order valence-corrected chi connectivity index (χ1v) is 10.1. The monoisotopic (exact) mass is 442 g/mol. The zero-order valence-corrected chi connectivity index (χ0v) is 16.9. The fraction of sp³-hybridized carbons (Fsp3) is 0.300. The van der Waals surface area contributed by atoms with Crippen molar-refractivity contribution in [1.82, 2.24) is 0 Å². The lowest BCUT2D eigenvalue weighted by molar-refractivity contribution is -0.137. The van der Waals surface area contributed by atoms with Gasteiger partial charge in [-0.3, -0.25) is 9.59 Å². The van der Waals surface area contributed by atoms with E-state index in [9.17, 15) is 22.8 Å². The van der Waals surface area contributed by atoms with E-state index >= 15 is 0 Å². The summed E-state index contributed by atoms with van der Waals surface area (Å²) in [6, 6.07) is 9.84. The Morgan fingerprint density at radius 2 is 1.86 bits per heavy atom. The van der Waals surface area contributed by atoms with E-state index in [1.165, 1.54) is 11.8 Å². The zero-order valence-electron chi connectivity index (χ0n) is 15.3. The van der Waals surface area contributed by atoms with Crippen LogP contribution >= 0.6 is 23.4 Å². The summed E-state index contributed by atoms with van der Waals surface area (Å²) in [7, 11) is 0. The summed E-state index contributed by atoms with van der Waals surface area (Å²) in [6.45, 7) is 1.64. The summed E-state index contributed by atoms with van der Waals surface area (Å²) in [5.74, 6) is -0.422. The van der Waals surface area contributed by atoms with Crippen LogP contribution in [0.3, 0.4) is 0 Å². The van der Waals surface area contributed by atoms with Crippen molar-refractivity contribution < 1.29 is 22.8 Å². The van der Waals surface area contributed by atoms with Crippen LogP contribution in [0.1, 0.15) is 25.3 Å². The van der Waals surface area contributed by atoms with E-state index in [1.54, 1.807) is 31.2 Å². The first-order chi connectivity index (χ1) is 13.6. The molecule has 9 heteroatoms. The molecule has 0 heterocycles. The van der Waals surface area contributed by atoms with Crippen LogP contribution in [0.4, 0.5) is 24.5 Å². The summed E-state index contributed by atoms with van der Waals surface area (Å²) in [5, 5.41) is 4.71. The second-order valence-corrected chi connectivity index (χ2v) is 8.55. The minimum absolute atomic E-state index is 0.0165. The molecule has 2 aromatic rings. The van der Waals surface area contributed by atoms with Crippen molar-refractivity contribution in [2.24, 2.45) is 5.92 Å². The third kappa shape index (κ3) is 5.90. The Kier molecular flexibility index (Phi) is 6.43. The van der Waals surface area contributed by atoms with Gasteiger partial charge in [0.2, 0.25) is 11.8 Å². The molecular weight excluding hydrogens is 425 g/mol. The van der Waals surface area contributed by atoms with Crippen LogP contribution in [0.5, 0.6) is 0 Å². The summed E-state index contributed by atoms with van der Waals surface area (Å²) in [5.41, 5.74) is -0.346. The van der Waals surface area contributed by atoms with Gasteiger partial charge in [-0.15, -0.1) is 11.8 Å². The number of hydrogen-bond acceptors (Lipinski definition) is 3. The number of carbonyl (C=O) groups is 2. The maximum atomic E-state index is 12.9. The number of benzene rings is 2. The summed E-state index contributed by atoms with van der Waals surface area (Å²) < 4.78 is 38.6. The SMILES string of the molecule is CC(Sc1cccc(NC(=O)C2CC2)c1)C(=O)Nc1cc(C(F)(F)F)ccc1Cl. The molecule has 1 aliphatic carbocycles. The Morgan fingerprint density at radius 3 is 2.52 bits per heavy atom. The van der Waals surface area contributed by atoms with Crippen LogP contribution in [0.2, 0.25) is 5.02 Å². The Labute approximate surface area is 175 Å². The molecule has 0 bridgehead atoms. The topological polar surface area (TPSA) is 58.2 Å². The van der Waals surface area contributed by atoms with Crippen molar-refractivity contribution in [1.29, 1.82) is 0 Å². The molecular formula is C20H18ClF3N2O2S. The van der Waals surface area contributed by atoms with Crippen LogP contribution in [0.25, 0.3) is 0 Å². The van der Waals surface area contributed by atoms with Crippen molar-refractivity contribution in [2.75, 3.05) is 10.6 Å². The number of hydrogen-bond donors (Lipinski definition) is 2. The van der Waals surface area contributed by atoms with Gasteiger partial charge in [0.05, 0.1) is 21.5 Å². The largest absolute Gasteiger partial charge is 0.416 e. The third-order valence-corrected chi connectivity index (χ3v) is 5.71. The molecule has 29 heavy (non-hydrogen) atoms. The highest BCUT2D eigenvalue weighted by Crippen LogP contribution is 2.35. The highest BCUT2D eigenvalue weighted by Gasteiger charge is 2.31. The van der Waals surface area contributed by atoms with Crippen molar-refractivity contribution >= 4 is 46.6 Å². The van der Waals surface area contributed by atoms with Gasteiger partial charge >= 0.3 is 6.18 Å². The van der Waals surface area contributed by atoms with E-state index in [2.05, 4.69) is 10.6 Å². The van der Waals surface area contributed by atoms with Crippen molar-refractivity contribution in [3.05, 3.63) is 53.1 Å². The molecule has 1 fully saturated rings. The fourth-order valence-corrected chi connectivity index (χ4v) is 3.62. The predicted octanol–water partition coefficient (Wildman–Crippen LogP) is 5.83. The Hall–Kier alpha value is -2.19. The van der Waals surface area contributed by atoms with Gasteiger partial charge in [-0.2, -0.15) is 13.2 Å². The lowest BCUT2D eigenvalue weighted by Crippen LogP contribution is -2.23. The number of nitrogens with one attached hydrogen (secondary N) is 2. The molecule has 2 N–H and O–H groups in total. The van der Waals surface area contributed by atoms with E-state index in [4.69, 9.17) is 11.6 Å². The molecule has 0 spiro atoms. The molecule has 1 aliphatic rings. The van der Waals surface area contributed by atoms with Crippen LogP contribution < -0.4 is 10.6 Å². The van der Waals surface area contributed by atoms with Crippen molar-refractivity contribution in [2.45, 2.75) is 36.1 Å². The molecule has 0 radical (unpaired) electrons. The summed E-state index contributed by atoms with van der Waals surface area (Å²) in [4.78, 5) is 25.1. The second kappa shape index (κ2) is 8.67. The number of anilines is 2. The lowest BCUT2D eigenvalue weighted by Gasteiger charge is -2.15. The van der Waals surface area contributed by atoms with Crippen LogP contribution in [-0.4, -0.2) is 17.1 Å². The first-order valence-electron chi connectivity index (χ1n) is 8.88.